The average Bonchev–Trinajstić information content (AvgIpc) is 2.60. The van der Waals surface area contributed by atoms with E-state index in [4.69, 9.17) is 0 Å². The molecule has 1 heterocycles. The zero-order valence-electron chi connectivity index (χ0n) is 10.3. The third-order valence-electron chi connectivity index (χ3n) is 2.45. The molecule has 0 unspecified atom stereocenters. The molecular weight excluding hydrogens is 186 g/mol. The number of hydrogen-bond donors (Lipinski definition) is 1. The van der Waals surface area contributed by atoms with E-state index in [2.05, 4.69) is 48.9 Å². The molecule has 1 aromatic rings. The van der Waals surface area contributed by atoms with Crippen molar-refractivity contribution in [2.75, 3.05) is 6.54 Å². The molecule has 0 amide bonds. The van der Waals surface area contributed by atoms with E-state index >= 15 is 0 Å². The van der Waals surface area contributed by atoms with Crippen LogP contribution in [0.4, 0.5) is 0 Å². The van der Waals surface area contributed by atoms with E-state index in [1.807, 2.05) is 6.20 Å². The lowest BCUT2D eigenvalue weighted by atomic mass is 10.1. The van der Waals surface area contributed by atoms with Gasteiger partial charge in [0.05, 0.1) is 5.69 Å². The molecule has 0 aliphatic rings. The minimum Gasteiger partial charge on any atom is -0.311 e. The Morgan fingerprint density at radius 3 is 2.67 bits per heavy atom. The molecule has 1 N–H and O–H groups in total. The van der Waals surface area contributed by atoms with Crippen LogP contribution < -0.4 is 5.32 Å². The summed E-state index contributed by atoms with van der Waals surface area (Å²) in [7, 11) is 0. The molecule has 15 heavy (non-hydrogen) atoms. The zero-order valence-corrected chi connectivity index (χ0v) is 10.3. The maximum Gasteiger partial charge on any atom is 0.0525 e. The lowest BCUT2D eigenvalue weighted by Crippen LogP contribution is -2.19. The molecule has 86 valence electrons. The summed E-state index contributed by atoms with van der Waals surface area (Å²) in [6.45, 7) is 10.8. The topological polar surface area (TPSA) is 29.9 Å². The van der Waals surface area contributed by atoms with E-state index in [0.717, 1.165) is 19.0 Å². The van der Waals surface area contributed by atoms with Crippen molar-refractivity contribution in [1.29, 1.82) is 0 Å². The number of aromatic nitrogens is 2. The summed E-state index contributed by atoms with van der Waals surface area (Å²) in [6, 6.07) is 2.53. The average molecular weight is 209 g/mol. The van der Waals surface area contributed by atoms with Gasteiger partial charge in [-0.2, -0.15) is 5.10 Å². The first-order chi connectivity index (χ1) is 7.11. The van der Waals surface area contributed by atoms with Crippen LogP contribution in [0, 0.1) is 5.92 Å². The van der Waals surface area contributed by atoms with Gasteiger partial charge in [0.1, 0.15) is 0 Å². The van der Waals surface area contributed by atoms with E-state index in [0.29, 0.717) is 6.04 Å². The quantitative estimate of drug-likeness (QED) is 0.730. The molecule has 1 rings (SSSR count). The summed E-state index contributed by atoms with van der Waals surface area (Å²) in [5.74, 6) is 0.771. The summed E-state index contributed by atoms with van der Waals surface area (Å²) < 4.78 is 2.07. The molecule has 0 aliphatic heterocycles. The summed E-state index contributed by atoms with van der Waals surface area (Å²) in [5, 5.41) is 7.76. The second-order valence-corrected chi connectivity index (χ2v) is 4.72. The van der Waals surface area contributed by atoms with Gasteiger partial charge in [-0.25, -0.2) is 0 Å². The number of nitrogens with zero attached hydrogens (tertiary/aromatic N) is 2. The van der Waals surface area contributed by atoms with Crippen LogP contribution in [-0.4, -0.2) is 16.3 Å². The van der Waals surface area contributed by atoms with Gasteiger partial charge >= 0.3 is 0 Å². The van der Waals surface area contributed by atoms with Crippen molar-refractivity contribution in [1.82, 2.24) is 15.1 Å². The van der Waals surface area contributed by atoms with Gasteiger partial charge in [-0.05, 0) is 38.8 Å². The normalized spacial score (nSPS) is 11.6. The molecule has 0 fully saturated rings. The Morgan fingerprint density at radius 1 is 1.33 bits per heavy atom. The van der Waals surface area contributed by atoms with Gasteiger partial charge in [0.25, 0.3) is 0 Å². The van der Waals surface area contributed by atoms with Gasteiger partial charge in [0, 0.05) is 18.8 Å². The van der Waals surface area contributed by atoms with Crippen molar-refractivity contribution in [2.24, 2.45) is 5.92 Å². The Hall–Kier alpha value is -0.830. The van der Waals surface area contributed by atoms with Crippen LogP contribution in [0.5, 0.6) is 0 Å². The maximum absolute atomic E-state index is 4.31. The molecule has 0 aromatic carbocycles. The predicted molar refractivity (Wildman–Crippen MR) is 63.8 cm³/mol. The fourth-order valence-electron chi connectivity index (χ4n) is 1.55. The Bertz CT molecular complexity index is 276. The summed E-state index contributed by atoms with van der Waals surface area (Å²) in [4.78, 5) is 0. The van der Waals surface area contributed by atoms with E-state index in [1.165, 1.54) is 12.1 Å². The summed E-state index contributed by atoms with van der Waals surface area (Å²) in [6.07, 6.45) is 3.11. The molecular formula is C12H23N3. The number of rotatable bonds is 6. The molecule has 1 aromatic heterocycles. The van der Waals surface area contributed by atoms with Crippen LogP contribution in [0.2, 0.25) is 0 Å². The Labute approximate surface area is 92.9 Å². The summed E-state index contributed by atoms with van der Waals surface area (Å²) >= 11 is 0. The van der Waals surface area contributed by atoms with Crippen LogP contribution in [0.3, 0.4) is 0 Å². The van der Waals surface area contributed by atoms with Crippen LogP contribution in [0.1, 0.15) is 45.9 Å². The van der Waals surface area contributed by atoms with Crippen molar-refractivity contribution in [3.05, 3.63) is 18.0 Å². The maximum atomic E-state index is 4.31. The second-order valence-electron chi connectivity index (χ2n) is 4.72. The Morgan fingerprint density at radius 2 is 2.07 bits per heavy atom. The molecule has 0 spiro atoms. The molecule has 3 nitrogen and oxygen atoms in total. The van der Waals surface area contributed by atoms with Gasteiger partial charge in [0.15, 0.2) is 0 Å². The van der Waals surface area contributed by atoms with Gasteiger partial charge in [0.2, 0.25) is 0 Å². The highest BCUT2D eigenvalue weighted by Crippen LogP contribution is 2.07. The molecule has 0 aliphatic carbocycles. The third-order valence-corrected chi connectivity index (χ3v) is 2.45. The fourth-order valence-corrected chi connectivity index (χ4v) is 1.55. The monoisotopic (exact) mass is 209 g/mol. The molecule has 0 bridgehead atoms. The zero-order chi connectivity index (χ0) is 11.3. The van der Waals surface area contributed by atoms with E-state index < -0.39 is 0 Å². The number of nitrogens with one attached hydrogen (secondary N) is 1. The summed E-state index contributed by atoms with van der Waals surface area (Å²) in [5.41, 5.74) is 1.27. The predicted octanol–water partition coefficient (Wildman–Crippen LogP) is 2.60. The highest BCUT2D eigenvalue weighted by Gasteiger charge is 2.04. The smallest absolute Gasteiger partial charge is 0.0525 e. The second kappa shape index (κ2) is 5.91. The first-order valence-electron chi connectivity index (χ1n) is 5.84. The minimum atomic E-state index is 0.446. The molecule has 0 radical (unpaired) electrons. The minimum absolute atomic E-state index is 0.446. The fraction of sp³-hybridized carbons (Fsp3) is 0.750. The van der Waals surface area contributed by atoms with E-state index in [1.54, 1.807) is 0 Å². The third kappa shape index (κ3) is 4.04. The SMILES string of the molecule is CC(C)CCNCc1ccnn1C(C)C. The van der Waals surface area contributed by atoms with Gasteiger partial charge in [-0.15, -0.1) is 0 Å². The van der Waals surface area contributed by atoms with Gasteiger partial charge < -0.3 is 5.32 Å². The van der Waals surface area contributed by atoms with Crippen LogP contribution in [0.15, 0.2) is 12.3 Å². The lowest BCUT2D eigenvalue weighted by molar-refractivity contribution is 0.482. The van der Waals surface area contributed by atoms with E-state index in [-0.39, 0.29) is 0 Å². The molecule has 0 saturated heterocycles. The highest BCUT2D eigenvalue weighted by molar-refractivity contribution is 5.00. The first-order valence-corrected chi connectivity index (χ1v) is 5.84. The Balaban J connectivity index is 2.34. The highest BCUT2D eigenvalue weighted by atomic mass is 15.3. The molecule has 0 atom stereocenters. The van der Waals surface area contributed by atoms with Crippen molar-refractivity contribution in [3.8, 4) is 0 Å². The van der Waals surface area contributed by atoms with Crippen molar-refractivity contribution in [3.63, 3.8) is 0 Å². The number of hydrogen-bond acceptors (Lipinski definition) is 2. The van der Waals surface area contributed by atoms with Crippen LogP contribution in [0.25, 0.3) is 0 Å². The molecule has 0 saturated carbocycles. The first kappa shape index (κ1) is 12.2. The Kier molecular flexibility index (Phi) is 4.82. The molecule has 3 heteroatoms. The van der Waals surface area contributed by atoms with Crippen molar-refractivity contribution in [2.45, 2.75) is 46.7 Å². The standard InChI is InChI=1S/C12H23N3/c1-10(2)5-7-13-9-12-6-8-14-15(12)11(3)4/h6,8,10-11,13H,5,7,9H2,1-4H3. The van der Waals surface area contributed by atoms with Crippen molar-refractivity contribution >= 4 is 0 Å². The van der Waals surface area contributed by atoms with Crippen LogP contribution in [-0.2, 0) is 6.54 Å². The van der Waals surface area contributed by atoms with Gasteiger partial charge in [-0.3, -0.25) is 4.68 Å². The van der Waals surface area contributed by atoms with Gasteiger partial charge in [-0.1, -0.05) is 13.8 Å². The van der Waals surface area contributed by atoms with Crippen LogP contribution >= 0.6 is 0 Å². The largest absolute Gasteiger partial charge is 0.311 e. The lowest BCUT2D eigenvalue weighted by Gasteiger charge is -2.12. The van der Waals surface area contributed by atoms with E-state index in [9.17, 15) is 0 Å². The van der Waals surface area contributed by atoms with Crippen molar-refractivity contribution < 1.29 is 0 Å².